The number of halogens is 4. The third-order valence-corrected chi connectivity index (χ3v) is 3.73. The number of ether oxygens (including phenoxy) is 1. The Morgan fingerprint density at radius 3 is 2.50 bits per heavy atom. The molecule has 1 heterocycles. The molecule has 0 fully saturated rings. The first-order valence-electron chi connectivity index (χ1n) is 7.30. The van der Waals surface area contributed by atoms with E-state index < -0.39 is 28.7 Å². The fourth-order valence-electron chi connectivity index (χ4n) is 2.28. The molecule has 0 aliphatic heterocycles. The van der Waals surface area contributed by atoms with E-state index in [0.717, 1.165) is 24.4 Å². The molecule has 3 rings (SSSR count). The van der Waals surface area contributed by atoms with Gasteiger partial charge in [0, 0.05) is 23.0 Å². The molecule has 0 atom stereocenters. The van der Waals surface area contributed by atoms with Gasteiger partial charge in [-0.15, -0.1) is 0 Å². The summed E-state index contributed by atoms with van der Waals surface area (Å²) >= 11 is 5.82. The minimum Gasteiger partial charge on any atom is -0.503 e. The number of alkyl halides is 3. The fraction of sp³-hybridized carbons (Fsp3) is 0.0556. The van der Waals surface area contributed by atoms with Crippen molar-refractivity contribution < 1.29 is 23.0 Å². The molecule has 0 radical (unpaired) electrons. The van der Waals surface area contributed by atoms with Gasteiger partial charge in [-0.3, -0.25) is 4.79 Å². The van der Waals surface area contributed by atoms with Gasteiger partial charge >= 0.3 is 6.18 Å². The van der Waals surface area contributed by atoms with E-state index in [1.165, 1.54) is 29.0 Å². The molecular weight excluding hydrogens is 371 g/mol. The molecule has 8 heteroatoms. The van der Waals surface area contributed by atoms with Crippen LogP contribution in [-0.4, -0.2) is 9.67 Å². The molecule has 134 valence electrons. The van der Waals surface area contributed by atoms with Crippen molar-refractivity contribution >= 4 is 11.6 Å². The van der Waals surface area contributed by atoms with Gasteiger partial charge in [0.05, 0.1) is 6.20 Å². The van der Waals surface area contributed by atoms with Crippen molar-refractivity contribution in [2.45, 2.75) is 6.18 Å². The van der Waals surface area contributed by atoms with Crippen LogP contribution in [0, 0.1) is 0 Å². The molecule has 4 nitrogen and oxygen atoms in total. The molecule has 0 spiro atoms. The van der Waals surface area contributed by atoms with Gasteiger partial charge < -0.3 is 14.4 Å². The van der Waals surface area contributed by atoms with Crippen LogP contribution in [0.1, 0.15) is 5.56 Å². The van der Waals surface area contributed by atoms with Crippen LogP contribution in [-0.2, 0) is 6.18 Å². The molecule has 3 aromatic rings. The average Bonchev–Trinajstić information content (AvgIpc) is 2.57. The van der Waals surface area contributed by atoms with Crippen molar-refractivity contribution in [2.75, 3.05) is 0 Å². The van der Waals surface area contributed by atoms with E-state index in [9.17, 15) is 23.1 Å². The summed E-state index contributed by atoms with van der Waals surface area (Å²) in [5.41, 5.74) is -1.53. The number of benzene rings is 2. The van der Waals surface area contributed by atoms with Crippen molar-refractivity contribution in [3.05, 3.63) is 81.7 Å². The lowest BCUT2D eigenvalue weighted by Gasteiger charge is -2.16. The summed E-state index contributed by atoms with van der Waals surface area (Å²) in [5.74, 6) is -0.800. The van der Waals surface area contributed by atoms with Crippen molar-refractivity contribution in [2.24, 2.45) is 0 Å². The first-order valence-corrected chi connectivity index (χ1v) is 7.68. The highest BCUT2D eigenvalue weighted by Gasteiger charge is 2.35. The number of pyridine rings is 1. The highest BCUT2D eigenvalue weighted by atomic mass is 35.5. The molecule has 0 unspecified atom stereocenters. The monoisotopic (exact) mass is 381 g/mol. The second kappa shape index (κ2) is 6.76. The van der Waals surface area contributed by atoms with Crippen molar-refractivity contribution in [1.82, 2.24) is 4.57 Å². The third-order valence-electron chi connectivity index (χ3n) is 3.49. The first kappa shape index (κ1) is 17.9. The smallest absolute Gasteiger partial charge is 0.420 e. The summed E-state index contributed by atoms with van der Waals surface area (Å²) in [6.07, 6.45) is -2.38. The predicted octanol–water partition coefficient (Wildman–Crippen LogP) is 5.01. The number of hydrogen-bond donors (Lipinski definition) is 1. The van der Waals surface area contributed by atoms with Gasteiger partial charge in [-0.1, -0.05) is 17.7 Å². The number of aromatic nitrogens is 1. The van der Waals surface area contributed by atoms with Crippen LogP contribution in [0.4, 0.5) is 13.2 Å². The maximum absolute atomic E-state index is 13.5. The third kappa shape index (κ3) is 3.83. The largest absolute Gasteiger partial charge is 0.503 e. The normalized spacial score (nSPS) is 11.4. The summed E-state index contributed by atoms with van der Waals surface area (Å²) in [6.45, 7) is 0. The van der Waals surface area contributed by atoms with Crippen LogP contribution in [0.3, 0.4) is 0 Å². The van der Waals surface area contributed by atoms with Crippen LogP contribution < -0.4 is 10.2 Å². The van der Waals surface area contributed by atoms with E-state index >= 15 is 0 Å². The van der Waals surface area contributed by atoms with Gasteiger partial charge in [0.15, 0.2) is 5.75 Å². The molecule has 2 aromatic carbocycles. The van der Waals surface area contributed by atoms with Crippen LogP contribution in [0.2, 0.25) is 5.02 Å². The summed E-state index contributed by atoms with van der Waals surface area (Å²) in [7, 11) is 0. The van der Waals surface area contributed by atoms with Crippen molar-refractivity contribution in [1.29, 1.82) is 0 Å². The van der Waals surface area contributed by atoms with E-state index in [2.05, 4.69) is 0 Å². The lowest BCUT2D eigenvalue weighted by Crippen LogP contribution is -2.09. The molecule has 0 aliphatic carbocycles. The minimum atomic E-state index is -4.68. The maximum Gasteiger partial charge on any atom is 0.420 e. The zero-order chi connectivity index (χ0) is 18.9. The van der Waals surface area contributed by atoms with Crippen LogP contribution in [0.5, 0.6) is 17.2 Å². The van der Waals surface area contributed by atoms with Crippen molar-refractivity contribution in [3.8, 4) is 22.9 Å². The van der Waals surface area contributed by atoms with E-state index in [1.807, 2.05) is 0 Å². The Kier molecular flexibility index (Phi) is 4.65. The van der Waals surface area contributed by atoms with E-state index in [-0.39, 0.29) is 11.4 Å². The van der Waals surface area contributed by atoms with Gasteiger partial charge in [0.2, 0.25) is 5.43 Å². The lowest BCUT2D eigenvalue weighted by atomic mass is 10.1. The Bertz CT molecular complexity index is 1020. The fourth-order valence-corrected chi connectivity index (χ4v) is 2.46. The number of aromatic hydroxyl groups is 1. The van der Waals surface area contributed by atoms with Crippen LogP contribution in [0.15, 0.2) is 65.7 Å². The molecule has 0 bridgehead atoms. The van der Waals surface area contributed by atoms with E-state index in [1.54, 1.807) is 12.1 Å². The quantitative estimate of drug-likeness (QED) is 0.694. The average molecular weight is 382 g/mol. The Labute approximate surface area is 150 Å². The second-order valence-corrected chi connectivity index (χ2v) is 5.78. The zero-order valence-electron chi connectivity index (χ0n) is 13.0. The molecule has 1 aromatic heterocycles. The lowest BCUT2D eigenvalue weighted by molar-refractivity contribution is -0.138. The Balaban J connectivity index is 2.06. The van der Waals surface area contributed by atoms with Crippen LogP contribution >= 0.6 is 11.6 Å². The molecule has 0 saturated carbocycles. The Morgan fingerprint density at radius 1 is 1.08 bits per heavy atom. The second-order valence-electron chi connectivity index (χ2n) is 5.34. The van der Waals surface area contributed by atoms with Gasteiger partial charge in [0.1, 0.15) is 17.1 Å². The van der Waals surface area contributed by atoms with Gasteiger partial charge in [-0.05, 0) is 36.4 Å². The number of rotatable bonds is 3. The molecule has 0 amide bonds. The standard InChI is InChI=1S/C18H11ClF3NO3/c19-11-2-1-3-13(8-11)26-17-5-4-12(9-14(17)18(20,21)22)23-7-6-15(24)16(25)10-23/h1-10,25H. The summed E-state index contributed by atoms with van der Waals surface area (Å²) in [6, 6.07) is 10.5. The predicted molar refractivity (Wildman–Crippen MR) is 90.2 cm³/mol. The maximum atomic E-state index is 13.5. The number of nitrogens with zero attached hydrogens (tertiary/aromatic N) is 1. The highest BCUT2D eigenvalue weighted by Crippen LogP contribution is 2.39. The number of hydrogen-bond acceptors (Lipinski definition) is 3. The Hall–Kier alpha value is -2.93. The van der Waals surface area contributed by atoms with Crippen LogP contribution in [0.25, 0.3) is 5.69 Å². The van der Waals surface area contributed by atoms with Gasteiger partial charge in [0.25, 0.3) is 0 Å². The SMILES string of the molecule is O=c1ccn(-c2ccc(Oc3cccc(Cl)c3)c(C(F)(F)F)c2)cc1O. The topological polar surface area (TPSA) is 51.5 Å². The molecule has 1 N–H and O–H groups in total. The highest BCUT2D eigenvalue weighted by molar-refractivity contribution is 6.30. The van der Waals surface area contributed by atoms with Gasteiger partial charge in [-0.25, -0.2) is 0 Å². The molecule has 0 aliphatic rings. The van der Waals surface area contributed by atoms with E-state index in [0.29, 0.717) is 5.02 Å². The zero-order valence-corrected chi connectivity index (χ0v) is 13.8. The first-order chi connectivity index (χ1) is 12.2. The summed E-state index contributed by atoms with van der Waals surface area (Å²) in [5, 5.41) is 9.80. The minimum absolute atomic E-state index is 0.103. The van der Waals surface area contributed by atoms with E-state index in [4.69, 9.17) is 16.3 Å². The molecular formula is C18H11ClF3NO3. The molecule has 26 heavy (non-hydrogen) atoms. The summed E-state index contributed by atoms with van der Waals surface area (Å²) in [4.78, 5) is 11.2. The van der Waals surface area contributed by atoms with Crippen molar-refractivity contribution in [3.63, 3.8) is 0 Å². The van der Waals surface area contributed by atoms with Gasteiger partial charge in [-0.2, -0.15) is 13.2 Å². The Morgan fingerprint density at radius 2 is 1.85 bits per heavy atom. The molecule has 0 saturated heterocycles. The summed E-state index contributed by atoms with van der Waals surface area (Å²) < 4.78 is 46.9.